The molecule has 0 aromatic heterocycles. The fraction of sp³-hybridized carbons (Fsp3) is 0.364. The van der Waals surface area contributed by atoms with Gasteiger partial charge in [0, 0.05) is 12.1 Å². The lowest BCUT2D eigenvalue weighted by molar-refractivity contribution is -0.122. The van der Waals surface area contributed by atoms with E-state index in [0.29, 0.717) is 34.5 Å². The van der Waals surface area contributed by atoms with Crippen LogP contribution in [0.3, 0.4) is 0 Å². The van der Waals surface area contributed by atoms with Gasteiger partial charge in [-0.3, -0.25) is 9.59 Å². The molecule has 5 nitrogen and oxygen atoms in total. The molecule has 0 spiro atoms. The number of carbonyl (C=O) groups is 2. The van der Waals surface area contributed by atoms with Crippen LogP contribution in [0.1, 0.15) is 52.0 Å². The largest absolute Gasteiger partial charge is 0.481 e. The van der Waals surface area contributed by atoms with Gasteiger partial charge in [-0.2, -0.15) is 0 Å². The summed E-state index contributed by atoms with van der Waals surface area (Å²) in [6.07, 6.45) is 0.486. The molecule has 0 saturated carbocycles. The van der Waals surface area contributed by atoms with Crippen LogP contribution >= 0.6 is 11.6 Å². The van der Waals surface area contributed by atoms with E-state index in [1.165, 1.54) is 5.56 Å². The van der Waals surface area contributed by atoms with Crippen LogP contribution in [-0.2, 0) is 9.59 Å². The van der Waals surface area contributed by atoms with E-state index in [-0.39, 0.29) is 11.8 Å². The van der Waals surface area contributed by atoms with E-state index in [2.05, 4.69) is 24.5 Å². The zero-order valence-electron chi connectivity index (χ0n) is 16.7. The van der Waals surface area contributed by atoms with Gasteiger partial charge in [-0.1, -0.05) is 44.5 Å². The maximum Gasteiger partial charge on any atom is 0.265 e. The number of halogens is 1. The molecule has 2 amide bonds. The van der Waals surface area contributed by atoms with Crippen molar-refractivity contribution in [2.24, 2.45) is 0 Å². The van der Waals surface area contributed by atoms with Crippen LogP contribution in [0.15, 0.2) is 42.5 Å². The fourth-order valence-corrected chi connectivity index (χ4v) is 2.74. The lowest BCUT2D eigenvalue weighted by Gasteiger charge is -2.16. The topological polar surface area (TPSA) is 67.4 Å². The molecule has 0 aliphatic heterocycles. The lowest BCUT2D eigenvalue weighted by Crippen LogP contribution is -2.30. The minimum Gasteiger partial charge on any atom is -0.481 e. The summed E-state index contributed by atoms with van der Waals surface area (Å²) in [5.74, 6) is 0.649. The Morgan fingerprint density at radius 3 is 2.32 bits per heavy atom. The molecular formula is C22H27ClN2O3. The molecule has 2 aromatic rings. The molecule has 2 rings (SSSR count). The second-order valence-electron chi connectivity index (χ2n) is 6.97. The molecule has 6 heteroatoms. The molecule has 0 bridgehead atoms. The highest BCUT2D eigenvalue weighted by molar-refractivity contribution is 6.34. The second kappa shape index (κ2) is 10.1. The van der Waals surface area contributed by atoms with Crippen molar-refractivity contribution in [1.29, 1.82) is 0 Å². The van der Waals surface area contributed by atoms with E-state index in [4.69, 9.17) is 16.3 Å². The minimum absolute atomic E-state index is 0.0800. The van der Waals surface area contributed by atoms with Crippen molar-refractivity contribution < 1.29 is 14.3 Å². The van der Waals surface area contributed by atoms with Gasteiger partial charge in [0.2, 0.25) is 5.91 Å². The van der Waals surface area contributed by atoms with Gasteiger partial charge < -0.3 is 15.4 Å². The molecule has 28 heavy (non-hydrogen) atoms. The van der Waals surface area contributed by atoms with Gasteiger partial charge in [-0.25, -0.2) is 0 Å². The number of benzene rings is 2. The minimum atomic E-state index is -0.709. The van der Waals surface area contributed by atoms with E-state index in [1.54, 1.807) is 25.1 Å². The molecule has 1 atom stereocenters. The molecule has 0 radical (unpaired) electrons. The van der Waals surface area contributed by atoms with Crippen LogP contribution in [0.4, 0.5) is 11.4 Å². The third kappa shape index (κ3) is 6.27. The molecule has 1 unspecified atom stereocenters. The molecule has 2 N–H and O–H groups in total. The van der Waals surface area contributed by atoms with Gasteiger partial charge in [0.05, 0.1) is 10.7 Å². The van der Waals surface area contributed by atoms with E-state index >= 15 is 0 Å². The summed E-state index contributed by atoms with van der Waals surface area (Å²) in [7, 11) is 0. The summed E-state index contributed by atoms with van der Waals surface area (Å²) in [4.78, 5) is 24.3. The summed E-state index contributed by atoms with van der Waals surface area (Å²) < 4.78 is 5.72. The van der Waals surface area contributed by atoms with Crippen molar-refractivity contribution in [1.82, 2.24) is 0 Å². The number of carbonyl (C=O) groups excluding carboxylic acids is 2. The second-order valence-corrected chi connectivity index (χ2v) is 7.37. The normalized spacial score (nSPS) is 11.8. The molecule has 0 saturated heterocycles. The smallest absolute Gasteiger partial charge is 0.265 e. The molecule has 0 aliphatic carbocycles. The Labute approximate surface area is 171 Å². The maximum atomic E-state index is 12.5. The highest BCUT2D eigenvalue weighted by Crippen LogP contribution is 2.26. The quantitative estimate of drug-likeness (QED) is 0.603. The predicted octanol–water partition coefficient (Wildman–Crippen LogP) is 5.61. The van der Waals surface area contributed by atoms with Crippen LogP contribution in [-0.4, -0.2) is 17.9 Å². The predicted molar refractivity (Wildman–Crippen MR) is 114 cm³/mol. The Hall–Kier alpha value is -2.53. The van der Waals surface area contributed by atoms with Crippen LogP contribution in [0.2, 0.25) is 5.02 Å². The Kier molecular flexibility index (Phi) is 7.88. The Morgan fingerprint density at radius 2 is 1.71 bits per heavy atom. The lowest BCUT2D eigenvalue weighted by atomic mass is 10.0. The number of nitrogens with one attached hydrogen (secondary N) is 2. The van der Waals surface area contributed by atoms with Gasteiger partial charge in [0.15, 0.2) is 6.10 Å². The van der Waals surface area contributed by atoms with Crippen molar-refractivity contribution in [3.05, 3.63) is 53.1 Å². The zero-order valence-corrected chi connectivity index (χ0v) is 17.5. The van der Waals surface area contributed by atoms with Crippen LogP contribution in [0.5, 0.6) is 5.75 Å². The van der Waals surface area contributed by atoms with Gasteiger partial charge >= 0.3 is 0 Å². The Balaban J connectivity index is 2.01. The number of amides is 2. The highest BCUT2D eigenvalue weighted by atomic mass is 35.5. The number of hydrogen-bond acceptors (Lipinski definition) is 3. The third-order valence-corrected chi connectivity index (χ3v) is 4.54. The van der Waals surface area contributed by atoms with E-state index in [9.17, 15) is 9.59 Å². The SMILES string of the molecule is CCCC(=O)Nc1ccc(Cl)c(NC(=O)C(C)Oc2ccc(C(C)C)cc2)c1. The van der Waals surface area contributed by atoms with Gasteiger partial charge in [0.25, 0.3) is 5.91 Å². The van der Waals surface area contributed by atoms with Crippen molar-refractivity contribution in [2.75, 3.05) is 10.6 Å². The summed E-state index contributed by atoms with van der Waals surface area (Å²) in [6, 6.07) is 12.7. The van der Waals surface area contributed by atoms with Crippen molar-refractivity contribution in [3.8, 4) is 5.75 Å². The zero-order chi connectivity index (χ0) is 20.7. The van der Waals surface area contributed by atoms with Gasteiger partial charge in [0.1, 0.15) is 5.75 Å². The number of hydrogen-bond donors (Lipinski definition) is 2. The molecule has 0 heterocycles. The highest BCUT2D eigenvalue weighted by Gasteiger charge is 2.17. The molecule has 150 valence electrons. The molecular weight excluding hydrogens is 376 g/mol. The standard InChI is InChI=1S/C22H27ClN2O3/c1-5-6-21(26)24-17-9-12-19(23)20(13-17)25-22(27)15(4)28-18-10-7-16(8-11-18)14(2)3/h7-15H,5-6H2,1-4H3,(H,24,26)(H,25,27). The molecule has 0 fully saturated rings. The molecule has 2 aromatic carbocycles. The van der Waals surface area contributed by atoms with E-state index in [1.807, 2.05) is 31.2 Å². The number of anilines is 2. The number of rotatable bonds is 8. The van der Waals surface area contributed by atoms with Crippen LogP contribution in [0.25, 0.3) is 0 Å². The van der Waals surface area contributed by atoms with Crippen molar-refractivity contribution in [2.45, 2.75) is 52.6 Å². The average Bonchev–Trinajstić information content (AvgIpc) is 2.65. The van der Waals surface area contributed by atoms with Crippen molar-refractivity contribution >= 4 is 34.8 Å². The van der Waals surface area contributed by atoms with Crippen molar-refractivity contribution in [3.63, 3.8) is 0 Å². The maximum absolute atomic E-state index is 12.5. The fourth-order valence-electron chi connectivity index (χ4n) is 2.57. The van der Waals surface area contributed by atoms with Crippen LogP contribution < -0.4 is 15.4 Å². The summed E-state index contributed by atoms with van der Waals surface area (Å²) in [5, 5.41) is 5.93. The summed E-state index contributed by atoms with van der Waals surface area (Å²) in [5.41, 5.74) is 2.21. The van der Waals surface area contributed by atoms with Gasteiger partial charge in [-0.05, 0) is 55.2 Å². The Morgan fingerprint density at radius 1 is 1.04 bits per heavy atom. The Bertz CT molecular complexity index is 819. The van der Waals surface area contributed by atoms with Crippen LogP contribution in [0, 0.1) is 0 Å². The molecule has 0 aliphatic rings. The van der Waals surface area contributed by atoms with E-state index < -0.39 is 6.10 Å². The average molecular weight is 403 g/mol. The van der Waals surface area contributed by atoms with Gasteiger partial charge in [-0.15, -0.1) is 0 Å². The third-order valence-electron chi connectivity index (χ3n) is 4.21. The first-order chi connectivity index (χ1) is 13.3. The monoisotopic (exact) mass is 402 g/mol. The summed E-state index contributed by atoms with van der Waals surface area (Å²) in [6.45, 7) is 7.85. The van der Waals surface area contributed by atoms with E-state index in [0.717, 1.165) is 6.42 Å². The first kappa shape index (κ1) is 21.8. The summed E-state index contributed by atoms with van der Waals surface area (Å²) >= 11 is 6.18. The first-order valence-corrected chi connectivity index (χ1v) is 9.84. The number of ether oxygens (including phenoxy) is 1. The first-order valence-electron chi connectivity index (χ1n) is 9.47.